The van der Waals surface area contributed by atoms with Crippen LogP contribution in [0, 0.1) is 5.41 Å². The van der Waals surface area contributed by atoms with Gasteiger partial charge in [0, 0.05) is 51.9 Å². The Bertz CT molecular complexity index is 635. The van der Waals surface area contributed by atoms with Crippen LogP contribution in [0.25, 0.3) is 0 Å². The Morgan fingerprint density at radius 1 is 0.963 bits per heavy atom. The second kappa shape index (κ2) is 7.98. The molecule has 2 fully saturated rings. The van der Waals surface area contributed by atoms with Gasteiger partial charge in [0.25, 0.3) is 0 Å². The second-order valence-corrected chi connectivity index (χ2v) is 9.59. The Labute approximate surface area is 164 Å². The van der Waals surface area contributed by atoms with E-state index in [0.717, 1.165) is 37.2 Å². The first-order chi connectivity index (χ1) is 13.0. The van der Waals surface area contributed by atoms with E-state index >= 15 is 0 Å². The van der Waals surface area contributed by atoms with E-state index in [0.29, 0.717) is 12.2 Å². The SMILES string of the molecule is CC(C)(C)CN1CCCC(N2CCN(Cc3ccc4c(c3)OCO4)CC2)C1. The Hall–Kier alpha value is -1.30. The molecule has 0 amide bonds. The summed E-state index contributed by atoms with van der Waals surface area (Å²) < 4.78 is 10.9. The fourth-order valence-electron chi connectivity index (χ4n) is 4.73. The predicted octanol–water partition coefficient (Wildman–Crippen LogP) is 3.04. The van der Waals surface area contributed by atoms with Crippen molar-refractivity contribution in [1.82, 2.24) is 14.7 Å². The normalized spacial score (nSPS) is 25.1. The molecular weight excluding hydrogens is 338 g/mol. The van der Waals surface area contributed by atoms with E-state index < -0.39 is 0 Å². The number of piperazine rings is 1. The lowest BCUT2D eigenvalue weighted by Crippen LogP contribution is -2.55. The summed E-state index contributed by atoms with van der Waals surface area (Å²) >= 11 is 0. The molecule has 1 aromatic rings. The molecule has 1 atom stereocenters. The topological polar surface area (TPSA) is 28.2 Å². The minimum atomic E-state index is 0.352. The Kier molecular flexibility index (Phi) is 5.62. The highest BCUT2D eigenvalue weighted by atomic mass is 16.7. The first-order valence-electron chi connectivity index (χ1n) is 10.5. The maximum absolute atomic E-state index is 5.52. The lowest BCUT2D eigenvalue weighted by molar-refractivity contribution is 0.0404. The molecule has 0 spiro atoms. The van der Waals surface area contributed by atoms with Crippen LogP contribution in [0.2, 0.25) is 0 Å². The number of fused-ring (bicyclic) bond motifs is 1. The van der Waals surface area contributed by atoms with Crippen molar-refractivity contribution in [3.05, 3.63) is 23.8 Å². The molecule has 0 saturated carbocycles. The number of hydrogen-bond acceptors (Lipinski definition) is 5. The molecule has 3 aliphatic rings. The molecule has 0 radical (unpaired) electrons. The molecule has 1 aromatic carbocycles. The van der Waals surface area contributed by atoms with Crippen LogP contribution in [0.1, 0.15) is 39.2 Å². The number of piperidine rings is 1. The Balaban J connectivity index is 1.26. The number of rotatable bonds is 4. The van der Waals surface area contributed by atoms with Crippen molar-refractivity contribution in [2.45, 2.75) is 46.2 Å². The number of benzene rings is 1. The zero-order chi connectivity index (χ0) is 18.9. The third-order valence-corrected chi connectivity index (χ3v) is 5.95. The van der Waals surface area contributed by atoms with Gasteiger partial charge in [-0.15, -0.1) is 0 Å². The standard InChI is InChI=1S/C22H35N3O2/c1-22(2,3)16-24-8-4-5-19(15-24)25-11-9-23(10-12-25)14-18-6-7-20-21(13-18)27-17-26-20/h6-7,13,19H,4-5,8-12,14-17H2,1-3H3. The van der Waals surface area contributed by atoms with Crippen LogP contribution >= 0.6 is 0 Å². The zero-order valence-electron chi connectivity index (χ0n) is 17.2. The van der Waals surface area contributed by atoms with Gasteiger partial charge in [-0.2, -0.15) is 0 Å². The average molecular weight is 374 g/mol. The van der Waals surface area contributed by atoms with E-state index in [2.05, 4.69) is 47.6 Å². The van der Waals surface area contributed by atoms with Crippen LogP contribution in [-0.2, 0) is 6.54 Å². The van der Waals surface area contributed by atoms with E-state index in [-0.39, 0.29) is 0 Å². The van der Waals surface area contributed by atoms with Gasteiger partial charge in [-0.25, -0.2) is 0 Å². The molecule has 0 N–H and O–H groups in total. The first kappa shape index (κ1) is 19.0. The number of likely N-dealkylation sites (tertiary alicyclic amines) is 1. The van der Waals surface area contributed by atoms with Gasteiger partial charge in [-0.3, -0.25) is 9.80 Å². The molecule has 150 valence electrons. The van der Waals surface area contributed by atoms with Crippen LogP contribution in [0.4, 0.5) is 0 Å². The lowest BCUT2D eigenvalue weighted by atomic mass is 9.94. The molecular formula is C22H35N3O2. The summed E-state index contributed by atoms with van der Waals surface area (Å²) in [6, 6.07) is 7.10. The molecule has 0 bridgehead atoms. The van der Waals surface area contributed by atoms with Gasteiger partial charge in [-0.05, 0) is 42.5 Å². The summed E-state index contributed by atoms with van der Waals surface area (Å²) in [6.07, 6.45) is 2.71. The molecule has 3 aliphatic heterocycles. The zero-order valence-corrected chi connectivity index (χ0v) is 17.2. The summed E-state index contributed by atoms with van der Waals surface area (Å²) in [7, 11) is 0. The smallest absolute Gasteiger partial charge is 0.231 e. The van der Waals surface area contributed by atoms with Crippen LogP contribution < -0.4 is 9.47 Å². The fourth-order valence-corrected chi connectivity index (χ4v) is 4.73. The van der Waals surface area contributed by atoms with Gasteiger partial charge in [0.15, 0.2) is 11.5 Å². The quantitative estimate of drug-likeness (QED) is 0.809. The van der Waals surface area contributed by atoms with Gasteiger partial charge in [0.2, 0.25) is 6.79 Å². The average Bonchev–Trinajstić information content (AvgIpc) is 3.09. The van der Waals surface area contributed by atoms with Gasteiger partial charge in [0.05, 0.1) is 0 Å². The third-order valence-electron chi connectivity index (χ3n) is 5.95. The molecule has 0 aliphatic carbocycles. The number of hydrogen-bond donors (Lipinski definition) is 0. The Morgan fingerprint density at radius 2 is 1.74 bits per heavy atom. The maximum atomic E-state index is 5.52. The van der Waals surface area contributed by atoms with Gasteiger partial charge < -0.3 is 14.4 Å². The lowest BCUT2D eigenvalue weighted by Gasteiger charge is -2.44. The summed E-state index contributed by atoms with van der Waals surface area (Å²) in [4.78, 5) is 8.00. The molecule has 5 heteroatoms. The van der Waals surface area contributed by atoms with Crippen LogP contribution in [0.5, 0.6) is 11.5 Å². The molecule has 2 saturated heterocycles. The van der Waals surface area contributed by atoms with Crippen molar-refractivity contribution in [3.8, 4) is 11.5 Å². The monoisotopic (exact) mass is 373 g/mol. The number of nitrogens with zero attached hydrogens (tertiary/aromatic N) is 3. The second-order valence-electron chi connectivity index (χ2n) is 9.59. The molecule has 1 unspecified atom stereocenters. The van der Waals surface area contributed by atoms with E-state index in [9.17, 15) is 0 Å². The molecule has 3 heterocycles. The van der Waals surface area contributed by atoms with E-state index in [1.807, 2.05) is 6.07 Å². The maximum Gasteiger partial charge on any atom is 0.231 e. The van der Waals surface area contributed by atoms with Crippen LogP contribution in [0.3, 0.4) is 0 Å². The first-order valence-corrected chi connectivity index (χ1v) is 10.5. The fraction of sp³-hybridized carbons (Fsp3) is 0.727. The van der Waals surface area contributed by atoms with Crippen molar-refractivity contribution >= 4 is 0 Å². The van der Waals surface area contributed by atoms with Crippen molar-refractivity contribution in [1.29, 1.82) is 0 Å². The summed E-state index contributed by atoms with van der Waals surface area (Å²) in [5.41, 5.74) is 1.72. The van der Waals surface area contributed by atoms with Crippen molar-refractivity contribution in [2.24, 2.45) is 5.41 Å². The van der Waals surface area contributed by atoms with Crippen LogP contribution in [-0.4, -0.2) is 73.3 Å². The largest absolute Gasteiger partial charge is 0.454 e. The molecule has 0 aromatic heterocycles. The van der Waals surface area contributed by atoms with Crippen molar-refractivity contribution in [2.75, 3.05) is 52.6 Å². The highest BCUT2D eigenvalue weighted by molar-refractivity contribution is 5.44. The molecule has 4 rings (SSSR count). The third kappa shape index (κ3) is 4.95. The molecule has 27 heavy (non-hydrogen) atoms. The highest BCUT2D eigenvalue weighted by Crippen LogP contribution is 2.33. The van der Waals surface area contributed by atoms with Gasteiger partial charge in [-0.1, -0.05) is 26.8 Å². The van der Waals surface area contributed by atoms with Gasteiger partial charge >= 0.3 is 0 Å². The van der Waals surface area contributed by atoms with Gasteiger partial charge in [0.1, 0.15) is 0 Å². The summed E-state index contributed by atoms with van der Waals surface area (Å²) in [5.74, 6) is 1.77. The summed E-state index contributed by atoms with van der Waals surface area (Å²) in [6.45, 7) is 16.9. The minimum Gasteiger partial charge on any atom is -0.454 e. The van der Waals surface area contributed by atoms with Crippen molar-refractivity contribution < 1.29 is 9.47 Å². The number of ether oxygens (including phenoxy) is 2. The molecule has 5 nitrogen and oxygen atoms in total. The van der Waals surface area contributed by atoms with Crippen LogP contribution in [0.15, 0.2) is 18.2 Å². The van der Waals surface area contributed by atoms with E-state index in [4.69, 9.17) is 9.47 Å². The highest BCUT2D eigenvalue weighted by Gasteiger charge is 2.29. The summed E-state index contributed by atoms with van der Waals surface area (Å²) in [5, 5.41) is 0. The predicted molar refractivity (Wildman–Crippen MR) is 108 cm³/mol. The Morgan fingerprint density at radius 3 is 2.52 bits per heavy atom. The van der Waals surface area contributed by atoms with E-state index in [1.165, 1.54) is 51.1 Å². The van der Waals surface area contributed by atoms with Crippen molar-refractivity contribution in [3.63, 3.8) is 0 Å². The minimum absolute atomic E-state index is 0.352. The van der Waals surface area contributed by atoms with E-state index in [1.54, 1.807) is 0 Å².